The summed E-state index contributed by atoms with van der Waals surface area (Å²) in [6, 6.07) is 15.8. The second kappa shape index (κ2) is 5.75. The van der Waals surface area contributed by atoms with E-state index in [1.165, 1.54) is 16.3 Å². The maximum absolute atomic E-state index is 3.65. The Hall–Kier alpha value is -1.34. The van der Waals surface area contributed by atoms with E-state index in [1.807, 2.05) is 0 Å². The van der Waals surface area contributed by atoms with Gasteiger partial charge in [0.05, 0.1) is 0 Å². The predicted molar refractivity (Wildman–Crippen MR) is 84.4 cm³/mol. The fourth-order valence-electron chi connectivity index (χ4n) is 2.64. The second-order valence-electron chi connectivity index (χ2n) is 5.94. The molecule has 2 rings (SSSR count). The standard InChI is InChI=1S/C18H25N/c1-5-18(3,4)17(19-6-2)16-12-11-14-9-7-8-10-15(14)13-16/h7-13,17,19H,5-6H2,1-4H3. The first kappa shape index (κ1) is 14.1. The summed E-state index contributed by atoms with van der Waals surface area (Å²) >= 11 is 0. The van der Waals surface area contributed by atoms with Gasteiger partial charge in [0, 0.05) is 6.04 Å². The fraction of sp³-hybridized carbons (Fsp3) is 0.444. The lowest BCUT2D eigenvalue weighted by molar-refractivity contribution is 0.237. The molecular weight excluding hydrogens is 230 g/mol. The van der Waals surface area contributed by atoms with Gasteiger partial charge in [-0.15, -0.1) is 0 Å². The van der Waals surface area contributed by atoms with E-state index in [-0.39, 0.29) is 5.41 Å². The average molecular weight is 255 g/mol. The monoisotopic (exact) mass is 255 g/mol. The normalized spacial score (nSPS) is 13.7. The summed E-state index contributed by atoms with van der Waals surface area (Å²) in [5, 5.41) is 6.30. The Kier molecular flexibility index (Phi) is 4.26. The zero-order valence-corrected chi connectivity index (χ0v) is 12.5. The molecule has 0 aliphatic heterocycles. The van der Waals surface area contributed by atoms with Gasteiger partial charge in [-0.2, -0.15) is 0 Å². The van der Waals surface area contributed by atoms with Gasteiger partial charge in [-0.1, -0.05) is 64.1 Å². The van der Waals surface area contributed by atoms with Crippen LogP contribution in [0, 0.1) is 5.41 Å². The van der Waals surface area contributed by atoms with Crippen LogP contribution in [0.5, 0.6) is 0 Å². The van der Waals surface area contributed by atoms with Crippen LogP contribution in [0.15, 0.2) is 42.5 Å². The van der Waals surface area contributed by atoms with Crippen molar-refractivity contribution in [2.24, 2.45) is 5.41 Å². The minimum atomic E-state index is 0.262. The van der Waals surface area contributed by atoms with Crippen LogP contribution in [-0.2, 0) is 0 Å². The Balaban J connectivity index is 2.44. The molecule has 0 aliphatic carbocycles. The summed E-state index contributed by atoms with van der Waals surface area (Å²) in [6.45, 7) is 10.1. The summed E-state index contributed by atoms with van der Waals surface area (Å²) in [5.41, 5.74) is 1.66. The molecule has 1 unspecified atom stereocenters. The van der Waals surface area contributed by atoms with Gasteiger partial charge in [-0.3, -0.25) is 0 Å². The highest BCUT2D eigenvalue weighted by Gasteiger charge is 2.28. The minimum absolute atomic E-state index is 0.262. The molecule has 1 heteroatoms. The van der Waals surface area contributed by atoms with Gasteiger partial charge >= 0.3 is 0 Å². The zero-order valence-electron chi connectivity index (χ0n) is 12.5. The molecular formula is C18H25N. The van der Waals surface area contributed by atoms with Crippen LogP contribution in [0.25, 0.3) is 10.8 Å². The van der Waals surface area contributed by atoms with Crippen LogP contribution in [0.2, 0.25) is 0 Å². The predicted octanol–water partition coefficient (Wildman–Crippen LogP) is 4.93. The molecule has 2 aromatic carbocycles. The van der Waals surface area contributed by atoms with Crippen molar-refractivity contribution < 1.29 is 0 Å². The van der Waals surface area contributed by atoms with Crippen LogP contribution in [0.3, 0.4) is 0 Å². The number of fused-ring (bicyclic) bond motifs is 1. The smallest absolute Gasteiger partial charge is 0.0371 e. The molecule has 102 valence electrons. The van der Waals surface area contributed by atoms with E-state index in [1.54, 1.807) is 0 Å². The highest BCUT2D eigenvalue weighted by Crippen LogP contribution is 2.37. The third-order valence-electron chi connectivity index (χ3n) is 4.21. The third-order valence-corrected chi connectivity index (χ3v) is 4.21. The Morgan fingerprint density at radius 1 is 1.00 bits per heavy atom. The molecule has 2 aromatic rings. The molecule has 0 saturated carbocycles. The number of hydrogen-bond donors (Lipinski definition) is 1. The quantitative estimate of drug-likeness (QED) is 0.799. The fourth-order valence-corrected chi connectivity index (χ4v) is 2.64. The Labute approximate surface area is 117 Å². The molecule has 0 aliphatic rings. The molecule has 0 saturated heterocycles. The summed E-state index contributed by atoms with van der Waals surface area (Å²) < 4.78 is 0. The van der Waals surface area contributed by atoms with E-state index < -0.39 is 0 Å². The summed E-state index contributed by atoms with van der Waals surface area (Å²) in [6.07, 6.45) is 1.16. The molecule has 0 fully saturated rings. The molecule has 0 aromatic heterocycles. The Bertz CT molecular complexity index is 542. The lowest BCUT2D eigenvalue weighted by atomic mass is 9.78. The van der Waals surface area contributed by atoms with Crippen molar-refractivity contribution in [1.82, 2.24) is 5.32 Å². The summed E-state index contributed by atoms with van der Waals surface area (Å²) in [5.74, 6) is 0. The van der Waals surface area contributed by atoms with E-state index in [2.05, 4.69) is 75.5 Å². The number of benzene rings is 2. The molecule has 1 N–H and O–H groups in total. The van der Waals surface area contributed by atoms with Gasteiger partial charge < -0.3 is 5.32 Å². The van der Waals surface area contributed by atoms with Crippen molar-refractivity contribution in [2.75, 3.05) is 6.54 Å². The maximum Gasteiger partial charge on any atom is 0.0371 e. The molecule has 0 heterocycles. The highest BCUT2D eigenvalue weighted by atomic mass is 14.9. The van der Waals surface area contributed by atoms with Gasteiger partial charge in [-0.25, -0.2) is 0 Å². The van der Waals surface area contributed by atoms with Crippen molar-refractivity contribution in [1.29, 1.82) is 0 Å². The third kappa shape index (κ3) is 2.98. The van der Waals surface area contributed by atoms with E-state index in [4.69, 9.17) is 0 Å². The molecule has 0 radical (unpaired) electrons. The number of rotatable bonds is 5. The number of nitrogens with one attached hydrogen (secondary N) is 1. The van der Waals surface area contributed by atoms with Crippen LogP contribution in [0.1, 0.15) is 45.7 Å². The van der Waals surface area contributed by atoms with Crippen molar-refractivity contribution >= 4 is 10.8 Å². The largest absolute Gasteiger partial charge is 0.310 e. The van der Waals surface area contributed by atoms with Crippen molar-refractivity contribution in [2.45, 2.75) is 40.2 Å². The topological polar surface area (TPSA) is 12.0 Å². The van der Waals surface area contributed by atoms with E-state index in [9.17, 15) is 0 Å². The molecule has 0 spiro atoms. The average Bonchev–Trinajstić information content (AvgIpc) is 2.44. The van der Waals surface area contributed by atoms with Gasteiger partial charge in [0.2, 0.25) is 0 Å². The molecule has 1 nitrogen and oxygen atoms in total. The Morgan fingerprint density at radius 3 is 2.32 bits per heavy atom. The maximum atomic E-state index is 3.65. The SMILES string of the molecule is CCNC(c1ccc2ccccc2c1)C(C)(C)CC. The van der Waals surface area contributed by atoms with Gasteiger partial charge in [-0.05, 0) is 40.8 Å². The van der Waals surface area contributed by atoms with Gasteiger partial charge in [0.15, 0.2) is 0 Å². The van der Waals surface area contributed by atoms with E-state index in [0.29, 0.717) is 6.04 Å². The summed E-state index contributed by atoms with van der Waals surface area (Å²) in [4.78, 5) is 0. The highest BCUT2D eigenvalue weighted by molar-refractivity contribution is 5.83. The van der Waals surface area contributed by atoms with Crippen molar-refractivity contribution in [3.63, 3.8) is 0 Å². The van der Waals surface area contributed by atoms with Crippen LogP contribution in [-0.4, -0.2) is 6.54 Å². The molecule has 1 atom stereocenters. The first-order chi connectivity index (χ1) is 9.08. The first-order valence-corrected chi connectivity index (χ1v) is 7.30. The van der Waals surface area contributed by atoms with Crippen LogP contribution in [0.4, 0.5) is 0 Å². The second-order valence-corrected chi connectivity index (χ2v) is 5.94. The summed E-state index contributed by atoms with van der Waals surface area (Å²) in [7, 11) is 0. The lowest BCUT2D eigenvalue weighted by Gasteiger charge is -2.34. The molecule has 0 amide bonds. The van der Waals surface area contributed by atoms with Gasteiger partial charge in [0.25, 0.3) is 0 Å². The van der Waals surface area contributed by atoms with E-state index >= 15 is 0 Å². The first-order valence-electron chi connectivity index (χ1n) is 7.30. The zero-order chi connectivity index (χ0) is 13.9. The van der Waals surface area contributed by atoms with E-state index in [0.717, 1.165) is 13.0 Å². The van der Waals surface area contributed by atoms with Crippen molar-refractivity contribution in [3.8, 4) is 0 Å². The van der Waals surface area contributed by atoms with Crippen molar-refractivity contribution in [3.05, 3.63) is 48.0 Å². The molecule has 0 bridgehead atoms. The number of hydrogen-bond acceptors (Lipinski definition) is 1. The molecule has 19 heavy (non-hydrogen) atoms. The van der Waals surface area contributed by atoms with Crippen LogP contribution < -0.4 is 5.32 Å². The minimum Gasteiger partial charge on any atom is -0.310 e. The lowest BCUT2D eigenvalue weighted by Crippen LogP contribution is -2.33. The van der Waals surface area contributed by atoms with Gasteiger partial charge in [0.1, 0.15) is 0 Å². The Morgan fingerprint density at radius 2 is 1.68 bits per heavy atom. The van der Waals surface area contributed by atoms with Crippen LogP contribution >= 0.6 is 0 Å².